The molecule has 0 aromatic carbocycles. The first-order chi connectivity index (χ1) is 8.52. The number of aliphatic hydroxyl groups is 1. The molecule has 0 aromatic rings. The maximum atomic E-state index is 11.7. The first kappa shape index (κ1) is 17.7. The predicted molar refractivity (Wildman–Crippen MR) is 75.9 cm³/mol. The summed E-state index contributed by atoms with van der Waals surface area (Å²) in [5.41, 5.74) is 0. The maximum Gasteiger partial charge on any atom is 0.219 e. The van der Waals surface area contributed by atoms with E-state index in [0.717, 1.165) is 11.8 Å². The van der Waals surface area contributed by atoms with E-state index < -0.39 is 6.10 Å². The number of halogens is 1. The topological polar surface area (TPSA) is 66.4 Å². The monoisotopic (exact) mass is 295 g/mol. The van der Waals surface area contributed by atoms with Gasteiger partial charge in [-0.15, -0.1) is 11.6 Å². The second kappa shape index (κ2) is 10.6. The molecule has 0 aromatic heterocycles. The van der Waals surface area contributed by atoms with Crippen LogP contribution >= 0.6 is 23.4 Å². The summed E-state index contributed by atoms with van der Waals surface area (Å²) >= 11 is 6.69. The lowest BCUT2D eigenvalue weighted by atomic mass is 10.0. The molecule has 0 saturated heterocycles. The van der Waals surface area contributed by atoms with E-state index in [2.05, 4.69) is 5.32 Å². The van der Waals surface area contributed by atoms with Gasteiger partial charge in [0, 0.05) is 24.6 Å². The van der Waals surface area contributed by atoms with Gasteiger partial charge in [0.15, 0.2) is 5.12 Å². The fraction of sp³-hybridized carbons (Fsp3) is 0.833. The summed E-state index contributed by atoms with van der Waals surface area (Å²) < 4.78 is 0. The third-order valence-corrected chi connectivity index (χ3v) is 3.90. The van der Waals surface area contributed by atoms with Crippen molar-refractivity contribution in [3.05, 3.63) is 0 Å². The molecule has 2 atom stereocenters. The zero-order valence-electron chi connectivity index (χ0n) is 10.9. The zero-order chi connectivity index (χ0) is 14.0. The normalized spacial score (nSPS) is 14.0. The molecule has 0 aliphatic heterocycles. The molecule has 0 fully saturated rings. The number of thioether (sulfide) groups is 1. The molecule has 1 amide bonds. The Labute approximate surface area is 118 Å². The highest BCUT2D eigenvalue weighted by atomic mass is 35.5. The highest BCUT2D eigenvalue weighted by Gasteiger charge is 2.21. The summed E-state index contributed by atoms with van der Waals surface area (Å²) in [6.45, 7) is 3.98. The molecule has 0 bridgehead atoms. The van der Waals surface area contributed by atoms with Gasteiger partial charge in [0.05, 0.1) is 12.0 Å². The lowest BCUT2D eigenvalue weighted by molar-refractivity contribution is -0.120. The molecule has 0 radical (unpaired) electrons. The van der Waals surface area contributed by atoms with E-state index in [1.165, 1.54) is 0 Å². The fourth-order valence-electron chi connectivity index (χ4n) is 1.29. The SMILES string of the molecule is CCC(=O)NCCSC(=O)C(C)C(O)CCCCl. The van der Waals surface area contributed by atoms with Crippen LogP contribution in [0.4, 0.5) is 0 Å². The first-order valence-electron chi connectivity index (χ1n) is 6.20. The van der Waals surface area contributed by atoms with E-state index in [1.807, 2.05) is 0 Å². The van der Waals surface area contributed by atoms with Crippen molar-refractivity contribution in [3.8, 4) is 0 Å². The third-order valence-electron chi connectivity index (χ3n) is 2.57. The van der Waals surface area contributed by atoms with Gasteiger partial charge < -0.3 is 10.4 Å². The second-order valence-corrected chi connectivity index (χ2v) is 5.54. The van der Waals surface area contributed by atoms with E-state index in [1.54, 1.807) is 13.8 Å². The zero-order valence-corrected chi connectivity index (χ0v) is 12.5. The highest BCUT2D eigenvalue weighted by Crippen LogP contribution is 2.17. The molecule has 0 aliphatic carbocycles. The minimum absolute atomic E-state index is 0.0155. The fourth-order valence-corrected chi connectivity index (χ4v) is 2.27. The quantitative estimate of drug-likeness (QED) is 0.503. The average molecular weight is 296 g/mol. The number of hydrogen-bond donors (Lipinski definition) is 2. The van der Waals surface area contributed by atoms with Crippen molar-refractivity contribution >= 4 is 34.4 Å². The van der Waals surface area contributed by atoms with Gasteiger partial charge in [0.2, 0.25) is 5.91 Å². The van der Waals surface area contributed by atoms with E-state index in [0.29, 0.717) is 37.4 Å². The molecule has 2 N–H and O–H groups in total. The molecule has 106 valence electrons. The van der Waals surface area contributed by atoms with Crippen molar-refractivity contribution in [2.45, 2.75) is 39.2 Å². The Balaban J connectivity index is 3.76. The first-order valence-corrected chi connectivity index (χ1v) is 7.72. The lowest BCUT2D eigenvalue weighted by Gasteiger charge is -2.16. The number of carbonyl (C=O) groups excluding carboxylic acids is 2. The van der Waals surface area contributed by atoms with Crippen molar-refractivity contribution < 1.29 is 14.7 Å². The molecular weight excluding hydrogens is 274 g/mol. The van der Waals surface area contributed by atoms with Gasteiger partial charge in [-0.1, -0.05) is 25.6 Å². The van der Waals surface area contributed by atoms with Crippen LogP contribution in [0.15, 0.2) is 0 Å². The maximum absolute atomic E-state index is 11.7. The van der Waals surface area contributed by atoms with Crippen LogP contribution < -0.4 is 5.32 Å². The van der Waals surface area contributed by atoms with Gasteiger partial charge in [-0.2, -0.15) is 0 Å². The van der Waals surface area contributed by atoms with Crippen molar-refractivity contribution in [1.82, 2.24) is 5.32 Å². The summed E-state index contributed by atoms with van der Waals surface area (Å²) in [4.78, 5) is 22.7. The number of nitrogens with one attached hydrogen (secondary N) is 1. The number of carbonyl (C=O) groups is 2. The number of rotatable bonds is 9. The average Bonchev–Trinajstić information content (AvgIpc) is 2.39. The largest absolute Gasteiger partial charge is 0.392 e. The molecule has 0 aliphatic rings. The Morgan fingerprint density at radius 1 is 1.44 bits per heavy atom. The summed E-state index contributed by atoms with van der Waals surface area (Å²) in [5, 5.41) is 12.4. The van der Waals surface area contributed by atoms with Gasteiger partial charge in [-0.25, -0.2) is 0 Å². The van der Waals surface area contributed by atoms with E-state index in [9.17, 15) is 14.7 Å². The molecule has 0 saturated carbocycles. The molecule has 0 rings (SSSR count). The molecule has 2 unspecified atom stereocenters. The van der Waals surface area contributed by atoms with Crippen LogP contribution in [0, 0.1) is 5.92 Å². The Kier molecular flexibility index (Phi) is 10.5. The third kappa shape index (κ3) is 7.95. The lowest BCUT2D eigenvalue weighted by Crippen LogP contribution is -2.27. The van der Waals surface area contributed by atoms with E-state index in [-0.39, 0.29) is 16.9 Å². The van der Waals surface area contributed by atoms with Gasteiger partial charge in [0.25, 0.3) is 0 Å². The highest BCUT2D eigenvalue weighted by molar-refractivity contribution is 8.13. The summed E-state index contributed by atoms with van der Waals surface area (Å²) in [6.07, 6.45) is 1.07. The van der Waals surface area contributed by atoms with Crippen LogP contribution in [0.1, 0.15) is 33.1 Å². The summed E-state index contributed by atoms with van der Waals surface area (Å²) in [6, 6.07) is 0. The van der Waals surface area contributed by atoms with Crippen molar-refractivity contribution in [1.29, 1.82) is 0 Å². The minimum atomic E-state index is -0.631. The summed E-state index contributed by atoms with van der Waals surface area (Å²) in [7, 11) is 0. The molecule has 0 spiro atoms. The molecule has 6 heteroatoms. The number of hydrogen-bond acceptors (Lipinski definition) is 4. The predicted octanol–water partition coefficient (Wildman–Crippen LogP) is 1.79. The summed E-state index contributed by atoms with van der Waals surface area (Å²) in [5.74, 6) is 0.629. The van der Waals surface area contributed by atoms with E-state index >= 15 is 0 Å². The Hall–Kier alpha value is -0.260. The second-order valence-electron chi connectivity index (χ2n) is 4.06. The standard InChI is InChI=1S/C12H22ClNO3S/c1-3-11(16)14-7-8-18-12(17)9(2)10(15)5-4-6-13/h9-10,15H,3-8H2,1-2H3,(H,14,16). The molecule has 0 heterocycles. The number of aliphatic hydroxyl groups excluding tert-OH is 1. The van der Waals surface area contributed by atoms with Crippen LogP contribution in [-0.2, 0) is 9.59 Å². The van der Waals surface area contributed by atoms with Crippen LogP contribution in [0.2, 0.25) is 0 Å². The van der Waals surface area contributed by atoms with E-state index in [4.69, 9.17) is 11.6 Å². The number of alkyl halides is 1. The van der Waals surface area contributed by atoms with Crippen LogP contribution in [0.25, 0.3) is 0 Å². The number of amides is 1. The smallest absolute Gasteiger partial charge is 0.219 e. The van der Waals surface area contributed by atoms with Crippen molar-refractivity contribution in [2.75, 3.05) is 18.2 Å². The van der Waals surface area contributed by atoms with Gasteiger partial charge in [-0.3, -0.25) is 9.59 Å². The van der Waals surface area contributed by atoms with Crippen molar-refractivity contribution in [3.63, 3.8) is 0 Å². The van der Waals surface area contributed by atoms with Gasteiger partial charge >= 0.3 is 0 Å². The van der Waals surface area contributed by atoms with Gasteiger partial charge in [-0.05, 0) is 12.8 Å². The van der Waals surface area contributed by atoms with Crippen LogP contribution in [0.3, 0.4) is 0 Å². The molecule has 4 nitrogen and oxygen atoms in total. The van der Waals surface area contributed by atoms with Gasteiger partial charge in [0.1, 0.15) is 0 Å². The van der Waals surface area contributed by atoms with Crippen LogP contribution in [-0.4, -0.2) is 40.4 Å². The minimum Gasteiger partial charge on any atom is -0.392 e. The Morgan fingerprint density at radius 2 is 2.11 bits per heavy atom. The Morgan fingerprint density at radius 3 is 2.67 bits per heavy atom. The van der Waals surface area contributed by atoms with Crippen molar-refractivity contribution in [2.24, 2.45) is 5.92 Å². The molecular formula is C12H22ClNO3S. The Bertz CT molecular complexity index is 264. The molecule has 18 heavy (non-hydrogen) atoms. The van der Waals surface area contributed by atoms with Crippen LogP contribution in [0.5, 0.6) is 0 Å².